The van der Waals surface area contributed by atoms with E-state index >= 15 is 0 Å². The molecule has 0 amide bonds. The van der Waals surface area contributed by atoms with Crippen LogP contribution in [0.5, 0.6) is 0 Å². The van der Waals surface area contributed by atoms with Crippen molar-refractivity contribution in [3.63, 3.8) is 0 Å². The van der Waals surface area contributed by atoms with Crippen molar-refractivity contribution in [3.05, 3.63) is 28.9 Å². The molecule has 12 heavy (non-hydrogen) atoms. The van der Waals surface area contributed by atoms with Crippen molar-refractivity contribution in [2.45, 2.75) is 6.92 Å². The Hall–Kier alpha value is -1.40. The lowest BCUT2D eigenvalue weighted by Gasteiger charge is -1.85. The third-order valence-corrected chi connectivity index (χ3v) is 2.86. The Morgan fingerprint density at radius 3 is 3.17 bits per heavy atom. The SMILES string of the molecule is Cc1sc2ccncc2c1C#N. The minimum atomic E-state index is 0.767. The molecular formula is C9H6N2S. The van der Waals surface area contributed by atoms with Gasteiger partial charge in [-0.05, 0) is 13.0 Å². The van der Waals surface area contributed by atoms with E-state index in [4.69, 9.17) is 5.26 Å². The summed E-state index contributed by atoms with van der Waals surface area (Å²) in [6, 6.07) is 4.13. The van der Waals surface area contributed by atoms with Crippen LogP contribution >= 0.6 is 11.3 Å². The first kappa shape index (κ1) is 7.26. The predicted octanol–water partition coefficient (Wildman–Crippen LogP) is 2.48. The average Bonchev–Trinajstić information content (AvgIpc) is 2.40. The molecule has 58 valence electrons. The van der Waals surface area contributed by atoms with E-state index in [1.54, 1.807) is 23.7 Å². The Balaban J connectivity index is 2.93. The molecule has 0 aliphatic heterocycles. The first-order chi connectivity index (χ1) is 5.83. The highest BCUT2D eigenvalue weighted by Gasteiger charge is 2.06. The Morgan fingerprint density at radius 2 is 2.42 bits per heavy atom. The topological polar surface area (TPSA) is 36.7 Å². The van der Waals surface area contributed by atoms with Crippen LogP contribution in [0.25, 0.3) is 10.1 Å². The number of thiophene rings is 1. The van der Waals surface area contributed by atoms with Gasteiger partial charge in [0.2, 0.25) is 0 Å². The highest BCUT2D eigenvalue weighted by atomic mass is 32.1. The van der Waals surface area contributed by atoms with E-state index in [0.29, 0.717) is 0 Å². The van der Waals surface area contributed by atoms with Crippen molar-refractivity contribution >= 4 is 21.4 Å². The third-order valence-electron chi connectivity index (χ3n) is 1.78. The molecule has 0 spiro atoms. The summed E-state index contributed by atoms with van der Waals surface area (Å²) in [4.78, 5) is 5.06. The van der Waals surface area contributed by atoms with Gasteiger partial charge in [0.15, 0.2) is 0 Å². The number of rotatable bonds is 0. The fraction of sp³-hybridized carbons (Fsp3) is 0.111. The third kappa shape index (κ3) is 0.892. The van der Waals surface area contributed by atoms with Crippen LogP contribution in [0.15, 0.2) is 18.5 Å². The Labute approximate surface area is 74.1 Å². The van der Waals surface area contributed by atoms with Crippen LogP contribution in [-0.2, 0) is 0 Å². The molecule has 0 radical (unpaired) electrons. The van der Waals surface area contributed by atoms with Crippen molar-refractivity contribution in [1.29, 1.82) is 5.26 Å². The number of pyridine rings is 1. The van der Waals surface area contributed by atoms with Crippen LogP contribution in [0.4, 0.5) is 0 Å². The molecule has 2 aromatic rings. The fourth-order valence-electron chi connectivity index (χ4n) is 1.20. The first-order valence-electron chi connectivity index (χ1n) is 3.56. The molecule has 0 aromatic carbocycles. The van der Waals surface area contributed by atoms with E-state index in [2.05, 4.69) is 11.1 Å². The highest BCUT2D eigenvalue weighted by molar-refractivity contribution is 7.19. The van der Waals surface area contributed by atoms with Crippen LogP contribution in [0.3, 0.4) is 0 Å². The molecule has 0 atom stereocenters. The molecule has 0 unspecified atom stereocenters. The van der Waals surface area contributed by atoms with Crippen LogP contribution in [0, 0.1) is 18.3 Å². The second kappa shape index (κ2) is 2.58. The molecule has 0 aliphatic carbocycles. The molecule has 0 aliphatic rings. The van der Waals surface area contributed by atoms with Crippen LogP contribution in [-0.4, -0.2) is 4.98 Å². The standard InChI is InChI=1S/C9H6N2S/c1-6-7(4-10)8-5-11-3-2-9(8)12-6/h2-3,5H,1H3. The van der Waals surface area contributed by atoms with E-state index < -0.39 is 0 Å². The summed E-state index contributed by atoms with van der Waals surface area (Å²) in [6.45, 7) is 1.96. The maximum atomic E-state index is 8.83. The van der Waals surface area contributed by atoms with Gasteiger partial charge in [0.1, 0.15) is 6.07 Å². The van der Waals surface area contributed by atoms with Crippen LogP contribution in [0.2, 0.25) is 0 Å². The van der Waals surface area contributed by atoms with Crippen molar-refractivity contribution in [2.75, 3.05) is 0 Å². The monoisotopic (exact) mass is 174 g/mol. The molecular weight excluding hydrogens is 168 g/mol. The van der Waals surface area contributed by atoms with Crippen molar-refractivity contribution in [1.82, 2.24) is 4.98 Å². The second-order valence-electron chi connectivity index (χ2n) is 2.52. The Bertz CT molecular complexity index is 465. The molecule has 0 saturated heterocycles. The van der Waals surface area contributed by atoms with E-state index in [9.17, 15) is 0 Å². The van der Waals surface area contributed by atoms with Gasteiger partial charge in [0.05, 0.1) is 5.56 Å². The Morgan fingerprint density at radius 1 is 1.58 bits per heavy atom. The largest absolute Gasteiger partial charge is 0.264 e. The summed E-state index contributed by atoms with van der Waals surface area (Å²) in [5.41, 5.74) is 0.767. The molecule has 2 aromatic heterocycles. The molecule has 0 saturated carbocycles. The van der Waals surface area contributed by atoms with Crippen molar-refractivity contribution in [2.24, 2.45) is 0 Å². The molecule has 0 N–H and O–H groups in total. The van der Waals surface area contributed by atoms with Crippen molar-refractivity contribution in [3.8, 4) is 6.07 Å². The summed E-state index contributed by atoms with van der Waals surface area (Å²) in [5, 5.41) is 9.81. The summed E-state index contributed by atoms with van der Waals surface area (Å²) in [5.74, 6) is 0. The minimum Gasteiger partial charge on any atom is -0.264 e. The summed E-state index contributed by atoms with van der Waals surface area (Å²) < 4.78 is 1.14. The quantitative estimate of drug-likeness (QED) is 0.615. The van der Waals surface area contributed by atoms with Gasteiger partial charge in [-0.1, -0.05) is 0 Å². The molecule has 2 heterocycles. The van der Waals surface area contributed by atoms with E-state index in [1.165, 1.54) is 0 Å². The van der Waals surface area contributed by atoms with Gasteiger partial charge < -0.3 is 0 Å². The summed E-state index contributed by atoms with van der Waals surface area (Å²) in [6.07, 6.45) is 3.50. The van der Waals surface area contributed by atoms with E-state index in [-0.39, 0.29) is 0 Å². The Kier molecular flexibility index (Phi) is 1.56. The van der Waals surface area contributed by atoms with Crippen molar-refractivity contribution < 1.29 is 0 Å². The zero-order chi connectivity index (χ0) is 8.55. The lowest BCUT2D eigenvalue weighted by molar-refractivity contribution is 1.36. The number of aromatic nitrogens is 1. The number of hydrogen-bond donors (Lipinski definition) is 0. The van der Waals surface area contributed by atoms with Gasteiger partial charge in [-0.25, -0.2) is 0 Å². The van der Waals surface area contributed by atoms with E-state index in [0.717, 1.165) is 20.5 Å². The number of hydrogen-bond acceptors (Lipinski definition) is 3. The second-order valence-corrected chi connectivity index (χ2v) is 3.77. The summed E-state index contributed by atoms with van der Waals surface area (Å²) in [7, 11) is 0. The van der Waals surface area contributed by atoms with Gasteiger partial charge in [0, 0.05) is 27.4 Å². The maximum absolute atomic E-state index is 8.83. The van der Waals surface area contributed by atoms with Crippen LogP contribution < -0.4 is 0 Å². The molecule has 0 fully saturated rings. The maximum Gasteiger partial charge on any atom is 0.101 e. The number of aryl methyl sites for hydroxylation is 1. The first-order valence-corrected chi connectivity index (χ1v) is 4.38. The van der Waals surface area contributed by atoms with Gasteiger partial charge >= 0.3 is 0 Å². The zero-order valence-electron chi connectivity index (χ0n) is 6.53. The number of fused-ring (bicyclic) bond motifs is 1. The minimum absolute atomic E-state index is 0.767. The highest BCUT2D eigenvalue weighted by Crippen LogP contribution is 2.28. The van der Waals surface area contributed by atoms with Crippen LogP contribution in [0.1, 0.15) is 10.4 Å². The predicted molar refractivity (Wildman–Crippen MR) is 49.1 cm³/mol. The zero-order valence-corrected chi connectivity index (χ0v) is 7.35. The van der Waals surface area contributed by atoms with Gasteiger partial charge in [0.25, 0.3) is 0 Å². The van der Waals surface area contributed by atoms with E-state index in [1.807, 2.05) is 13.0 Å². The van der Waals surface area contributed by atoms with Gasteiger partial charge in [-0.3, -0.25) is 4.98 Å². The van der Waals surface area contributed by atoms with Gasteiger partial charge in [-0.15, -0.1) is 11.3 Å². The lowest BCUT2D eigenvalue weighted by atomic mass is 10.2. The smallest absolute Gasteiger partial charge is 0.101 e. The molecule has 2 rings (SSSR count). The fourth-order valence-corrected chi connectivity index (χ4v) is 2.18. The summed E-state index contributed by atoms with van der Waals surface area (Å²) >= 11 is 1.64. The number of nitriles is 1. The lowest BCUT2D eigenvalue weighted by Crippen LogP contribution is -1.73. The van der Waals surface area contributed by atoms with Gasteiger partial charge in [-0.2, -0.15) is 5.26 Å². The normalized spacial score (nSPS) is 10.0. The number of nitrogens with zero attached hydrogens (tertiary/aromatic N) is 2. The molecule has 0 bridgehead atoms. The molecule has 3 heteroatoms. The average molecular weight is 174 g/mol. The molecule has 2 nitrogen and oxygen atoms in total.